The van der Waals surface area contributed by atoms with Crippen molar-refractivity contribution in [3.63, 3.8) is 0 Å². The molecule has 2 N–H and O–H groups in total. The van der Waals surface area contributed by atoms with Crippen LogP contribution < -0.4 is 5.73 Å². The largest absolute Gasteiger partial charge is 0.444 e. The Morgan fingerprint density at radius 1 is 1.37 bits per heavy atom. The van der Waals surface area contributed by atoms with E-state index in [0.29, 0.717) is 13.1 Å². The van der Waals surface area contributed by atoms with Gasteiger partial charge in [-0.1, -0.05) is 6.42 Å². The molecule has 106 valence electrons. The van der Waals surface area contributed by atoms with Crippen LogP contribution in [-0.4, -0.2) is 35.2 Å². The SMILES string of the molecule is CC(C)(C)OC(=O)N1CC2CCCC(C1)C2(N)C#N. The highest BCUT2D eigenvalue weighted by Crippen LogP contribution is 2.41. The molecule has 2 unspecified atom stereocenters. The summed E-state index contributed by atoms with van der Waals surface area (Å²) in [5, 5.41) is 9.36. The maximum atomic E-state index is 12.1. The highest BCUT2D eigenvalue weighted by molar-refractivity contribution is 5.68. The average Bonchev–Trinajstić information content (AvgIpc) is 2.25. The maximum Gasteiger partial charge on any atom is 0.410 e. The van der Waals surface area contributed by atoms with Gasteiger partial charge in [0, 0.05) is 24.9 Å². The second-order valence-corrected chi connectivity index (χ2v) is 6.75. The van der Waals surface area contributed by atoms with Crippen LogP contribution in [0.3, 0.4) is 0 Å². The summed E-state index contributed by atoms with van der Waals surface area (Å²) in [7, 11) is 0. The van der Waals surface area contributed by atoms with Gasteiger partial charge in [-0.05, 0) is 33.6 Å². The van der Waals surface area contributed by atoms with E-state index in [1.54, 1.807) is 4.90 Å². The van der Waals surface area contributed by atoms with Crippen molar-refractivity contribution >= 4 is 6.09 Å². The Hall–Kier alpha value is -1.28. The van der Waals surface area contributed by atoms with Gasteiger partial charge in [0.15, 0.2) is 0 Å². The van der Waals surface area contributed by atoms with Gasteiger partial charge in [-0.25, -0.2) is 4.79 Å². The first-order valence-electron chi connectivity index (χ1n) is 6.94. The van der Waals surface area contributed by atoms with E-state index < -0.39 is 11.1 Å². The van der Waals surface area contributed by atoms with Gasteiger partial charge in [-0.2, -0.15) is 5.26 Å². The van der Waals surface area contributed by atoms with Crippen molar-refractivity contribution in [1.29, 1.82) is 5.26 Å². The lowest BCUT2D eigenvalue weighted by Crippen LogP contribution is -2.65. The summed E-state index contributed by atoms with van der Waals surface area (Å²) in [5.74, 6) is 0.134. The molecule has 1 amide bonds. The van der Waals surface area contributed by atoms with Gasteiger partial charge in [-0.15, -0.1) is 0 Å². The summed E-state index contributed by atoms with van der Waals surface area (Å²) >= 11 is 0. The Kier molecular flexibility index (Phi) is 3.48. The Morgan fingerprint density at radius 3 is 2.32 bits per heavy atom. The summed E-state index contributed by atoms with van der Waals surface area (Å²) in [4.78, 5) is 13.8. The van der Waals surface area contributed by atoms with Crippen LogP contribution in [0.2, 0.25) is 0 Å². The number of carbonyl (C=O) groups is 1. The molecule has 1 aliphatic heterocycles. The fourth-order valence-electron chi connectivity index (χ4n) is 3.17. The van der Waals surface area contributed by atoms with Crippen LogP contribution in [0, 0.1) is 23.2 Å². The van der Waals surface area contributed by atoms with Gasteiger partial charge < -0.3 is 15.4 Å². The molecule has 1 saturated carbocycles. The summed E-state index contributed by atoms with van der Waals surface area (Å²) in [6, 6.07) is 2.29. The third kappa shape index (κ3) is 2.69. The molecule has 0 aromatic rings. The number of hydrogen-bond acceptors (Lipinski definition) is 4. The summed E-state index contributed by atoms with van der Waals surface area (Å²) in [6.45, 7) is 6.65. The number of nitriles is 1. The standard InChI is InChI=1S/C14H23N3O2/c1-13(2,3)19-12(18)17-7-10-5-4-6-11(8-17)14(10,16)9-15/h10-11H,4-8,16H2,1-3H3. The summed E-state index contributed by atoms with van der Waals surface area (Å²) in [6.07, 6.45) is 2.64. The van der Waals surface area contributed by atoms with Crippen molar-refractivity contribution in [3.05, 3.63) is 0 Å². The minimum absolute atomic E-state index is 0.0671. The van der Waals surface area contributed by atoms with E-state index in [-0.39, 0.29) is 17.9 Å². The van der Waals surface area contributed by atoms with Crippen molar-refractivity contribution in [2.45, 2.75) is 51.2 Å². The molecule has 1 aliphatic carbocycles. The molecule has 2 atom stereocenters. The number of carbonyl (C=O) groups excluding carboxylic acids is 1. The van der Waals surface area contributed by atoms with Crippen LogP contribution in [0.25, 0.3) is 0 Å². The van der Waals surface area contributed by atoms with Crippen LogP contribution in [0.4, 0.5) is 4.79 Å². The molecule has 1 saturated heterocycles. The number of fused-ring (bicyclic) bond motifs is 2. The topological polar surface area (TPSA) is 79.3 Å². The molecule has 2 bridgehead atoms. The van der Waals surface area contributed by atoms with Gasteiger partial charge in [-0.3, -0.25) is 0 Å². The third-order valence-corrected chi connectivity index (χ3v) is 4.18. The molecule has 19 heavy (non-hydrogen) atoms. The zero-order valence-electron chi connectivity index (χ0n) is 12.0. The molecule has 0 radical (unpaired) electrons. The summed E-state index contributed by atoms with van der Waals surface area (Å²) in [5.41, 5.74) is 5.00. The molecule has 1 heterocycles. The lowest BCUT2D eigenvalue weighted by molar-refractivity contribution is -0.0124. The molecule has 0 aromatic heterocycles. The van der Waals surface area contributed by atoms with E-state index >= 15 is 0 Å². The van der Waals surface area contributed by atoms with Crippen molar-refractivity contribution in [3.8, 4) is 6.07 Å². The smallest absolute Gasteiger partial charge is 0.410 e. The zero-order chi connectivity index (χ0) is 14.3. The maximum absolute atomic E-state index is 12.1. The predicted octanol–water partition coefficient (Wildman–Crippen LogP) is 1.87. The predicted molar refractivity (Wildman–Crippen MR) is 71.2 cm³/mol. The average molecular weight is 265 g/mol. The molecular formula is C14H23N3O2. The van der Waals surface area contributed by atoms with E-state index in [1.165, 1.54) is 0 Å². The Morgan fingerprint density at radius 2 is 1.89 bits per heavy atom. The van der Waals surface area contributed by atoms with Gasteiger partial charge >= 0.3 is 6.09 Å². The van der Waals surface area contributed by atoms with Crippen molar-refractivity contribution in [1.82, 2.24) is 4.90 Å². The monoisotopic (exact) mass is 265 g/mol. The normalized spacial score (nSPS) is 34.6. The highest BCUT2D eigenvalue weighted by atomic mass is 16.6. The first-order valence-corrected chi connectivity index (χ1v) is 6.94. The molecule has 2 aliphatic rings. The number of hydrogen-bond donors (Lipinski definition) is 1. The highest BCUT2D eigenvalue weighted by Gasteiger charge is 2.51. The number of piperidine rings is 1. The van der Waals surface area contributed by atoms with Crippen molar-refractivity contribution in [2.75, 3.05) is 13.1 Å². The second-order valence-electron chi connectivity index (χ2n) is 6.75. The second kappa shape index (κ2) is 4.68. The van der Waals surface area contributed by atoms with E-state index in [2.05, 4.69) is 6.07 Å². The molecule has 2 rings (SSSR count). The van der Waals surface area contributed by atoms with Crippen LogP contribution in [0.15, 0.2) is 0 Å². The van der Waals surface area contributed by atoms with E-state index in [9.17, 15) is 10.1 Å². The number of amides is 1. The molecule has 0 spiro atoms. The van der Waals surface area contributed by atoms with E-state index in [0.717, 1.165) is 19.3 Å². The number of rotatable bonds is 0. The number of nitrogens with two attached hydrogens (primary N) is 1. The molecule has 0 aromatic carbocycles. The van der Waals surface area contributed by atoms with Gasteiger partial charge in [0.2, 0.25) is 0 Å². The summed E-state index contributed by atoms with van der Waals surface area (Å²) < 4.78 is 5.41. The fourth-order valence-corrected chi connectivity index (χ4v) is 3.17. The van der Waals surface area contributed by atoms with Crippen LogP contribution in [0.5, 0.6) is 0 Å². The first-order chi connectivity index (χ1) is 8.76. The van der Waals surface area contributed by atoms with Gasteiger partial charge in [0.25, 0.3) is 0 Å². The quantitative estimate of drug-likeness (QED) is 0.725. The van der Waals surface area contributed by atoms with E-state index in [4.69, 9.17) is 10.5 Å². The number of ether oxygens (including phenoxy) is 1. The van der Waals surface area contributed by atoms with E-state index in [1.807, 2.05) is 20.8 Å². The van der Waals surface area contributed by atoms with Crippen LogP contribution >= 0.6 is 0 Å². The number of nitrogens with zero attached hydrogens (tertiary/aromatic N) is 2. The molecule has 2 fully saturated rings. The Labute approximate surface area is 114 Å². The Bertz CT molecular complexity index is 394. The van der Waals surface area contributed by atoms with Crippen LogP contribution in [0.1, 0.15) is 40.0 Å². The molecule has 5 nitrogen and oxygen atoms in total. The Balaban J connectivity index is 2.10. The lowest BCUT2D eigenvalue weighted by atomic mass is 9.64. The van der Waals surface area contributed by atoms with Gasteiger partial charge in [0.1, 0.15) is 11.1 Å². The van der Waals surface area contributed by atoms with Gasteiger partial charge in [0.05, 0.1) is 6.07 Å². The zero-order valence-corrected chi connectivity index (χ0v) is 12.0. The lowest BCUT2D eigenvalue weighted by Gasteiger charge is -2.50. The first kappa shape index (κ1) is 14.1. The van der Waals surface area contributed by atoms with Crippen LogP contribution in [-0.2, 0) is 4.74 Å². The molecular weight excluding hydrogens is 242 g/mol. The third-order valence-electron chi connectivity index (χ3n) is 4.18. The number of likely N-dealkylation sites (tertiary alicyclic amines) is 1. The fraction of sp³-hybridized carbons (Fsp3) is 0.857. The van der Waals surface area contributed by atoms with Crippen molar-refractivity contribution in [2.24, 2.45) is 17.6 Å². The van der Waals surface area contributed by atoms with Crippen molar-refractivity contribution < 1.29 is 9.53 Å². The minimum Gasteiger partial charge on any atom is -0.444 e. The molecule has 5 heteroatoms. The minimum atomic E-state index is -0.767.